The molecule has 6 nitrogen and oxygen atoms in total. The molecule has 2 N–H and O–H groups in total. The minimum atomic E-state index is -1.07. The van der Waals surface area contributed by atoms with E-state index in [9.17, 15) is 9.59 Å². The highest BCUT2D eigenvalue weighted by Crippen LogP contribution is 2.22. The van der Waals surface area contributed by atoms with E-state index in [0.29, 0.717) is 5.56 Å². The average molecular weight is 302 g/mol. The molecule has 0 saturated heterocycles. The predicted octanol–water partition coefficient (Wildman–Crippen LogP) is 1.92. The molecule has 116 valence electrons. The standard InChI is InChI=1S/C16H18N2O4/c1-10-8-14(16(21)17-9-15(19)20)11(2)18(10)12-4-6-13(22-3)7-5-12/h4-8H,9H2,1-3H3,(H,17,21)(H,19,20). The summed E-state index contributed by atoms with van der Waals surface area (Å²) in [7, 11) is 1.60. The molecule has 0 aliphatic carbocycles. The van der Waals surface area contributed by atoms with Gasteiger partial charge in [0.2, 0.25) is 0 Å². The number of carbonyl (C=O) groups is 2. The van der Waals surface area contributed by atoms with Crippen molar-refractivity contribution in [2.45, 2.75) is 13.8 Å². The first kappa shape index (κ1) is 15.6. The smallest absolute Gasteiger partial charge is 0.322 e. The molecular formula is C16H18N2O4. The molecule has 2 aromatic rings. The highest BCUT2D eigenvalue weighted by atomic mass is 16.5. The van der Waals surface area contributed by atoms with Crippen molar-refractivity contribution in [2.75, 3.05) is 13.7 Å². The van der Waals surface area contributed by atoms with Gasteiger partial charge in [-0.3, -0.25) is 9.59 Å². The number of benzene rings is 1. The normalized spacial score (nSPS) is 10.3. The van der Waals surface area contributed by atoms with Crippen molar-refractivity contribution in [3.05, 3.63) is 47.3 Å². The van der Waals surface area contributed by atoms with Gasteiger partial charge in [0.1, 0.15) is 12.3 Å². The summed E-state index contributed by atoms with van der Waals surface area (Å²) in [5.74, 6) is -0.710. The zero-order valence-corrected chi connectivity index (χ0v) is 12.7. The van der Waals surface area contributed by atoms with Gasteiger partial charge >= 0.3 is 5.97 Å². The molecule has 2 rings (SSSR count). The third-order valence-corrected chi connectivity index (χ3v) is 3.41. The van der Waals surface area contributed by atoms with Gasteiger partial charge < -0.3 is 19.7 Å². The first-order valence-corrected chi connectivity index (χ1v) is 6.77. The van der Waals surface area contributed by atoms with Crippen LogP contribution >= 0.6 is 0 Å². The summed E-state index contributed by atoms with van der Waals surface area (Å²) in [6.45, 7) is 3.32. The van der Waals surface area contributed by atoms with Crippen LogP contribution in [0, 0.1) is 13.8 Å². The Labute approximate surface area is 128 Å². The Balaban J connectivity index is 2.33. The molecule has 1 amide bonds. The Kier molecular flexibility index (Phi) is 4.50. The van der Waals surface area contributed by atoms with Crippen molar-refractivity contribution in [1.29, 1.82) is 0 Å². The van der Waals surface area contributed by atoms with Crippen molar-refractivity contribution >= 4 is 11.9 Å². The number of hydrogen-bond acceptors (Lipinski definition) is 3. The number of ether oxygens (including phenoxy) is 1. The minimum absolute atomic E-state index is 0.393. The van der Waals surface area contributed by atoms with Gasteiger partial charge in [0.25, 0.3) is 5.91 Å². The second kappa shape index (κ2) is 6.34. The lowest BCUT2D eigenvalue weighted by molar-refractivity contribution is -0.135. The molecule has 0 fully saturated rings. The Morgan fingerprint density at radius 2 is 1.86 bits per heavy atom. The summed E-state index contributed by atoms with van der Waals surface area (Å²) in [6, 6.07) is 9.24. The molecule has 6 heteroatoms. The van der Waals surface area contributed by atoms with Crippen LogP contribution in [0.1, 0.15) is 21.7 Å². The Bertz CT molecular complexity index is 702. The van der Waals surface area contributed by atoms with Gasteiger partial charge in [0.05, 0.1) is 12.7 Å². The van der Waals surface area contributed by atoms with Gasteiger partial charge in [0.15, 0.2) is 0 Å². The number of nitrogens with zero attached hydrogens (tertiary/aromatic N) is 1. The van der Waals surface area contributed by atoms with Crippen LogP contribution in [0.3, 0.4) is 0 Å². The van der Waals surface area contributed by atoms with Gasteiger partial charge in [-0.15, -0.1) is 0 Å². The molecule has 1 heterocycles. The van der Waals surface area contributed by atoms with E-state index in [0.717, 1.165) is 22.8 Å². The summed E-state index contributed by atoms with van der Waals surface area (Å²) < 4.78 is 7.07. The van der Waals surface area contributed by atoms with Crippen LogP contribution in [0.15, 0.2) is 30.3 Å². The molecule has 22 heavy (non-hydrogen) atoms. The van der Waals surface area contributed by atoms with Crippen LogP contribution in [0.2, 0.25) is 0 Å². The molecule has 0 bridgehead atoms. The molecule has 1 aromatic carbocycles. The number of aryl methyl sites for hydroxylation is 1. The van der Waals surface area contributed by atoms with Gasteiger partial charge in [-0.05, 0) is 44.2 Å². The highest BCUT2D eigenvalue weighted by Gasteiger charge is 2.17. The molecule has 0 aliphatic rings. The zero-order chi connectivity index (χ0) is 16.3. The number of aromatic nitrogens is 1. The molecule has 0 radical (unpaired) electrons. The number of amides is 1. The summed E-state index contributed by atoms with van der Waals surface area (Å²) in [6.07, 6.45) is 0. The second-order valence-electron chi connectivity index (χ2n) is 4.89. The number of methoxy groups -OCH3 is 1. The van der Waals surface area contributed by atoms with Crippen molar-refractivity contribution in [3.63, 3.8) is 0 Å². The van der Waals surface area contributed by atoms with E-state index < -0.39 is 18.4 Å². The summed E-state index contributed by atoms with van der Waals surface area (Å²) in [5, 5.41) is 11.0. The van der Waals surface area contributed by atoms with Gasteiger partial charge in [-0.2, -0.15) is 0 Å². The van der Waals surface area contributed by atoms with Gasteiger partial charge in [-0.25, -0.2) is 0 Å². The lowest BCUT2D eigenvalue weighted by Gasteiger charge is -2.10. The molecule has 0 unspecified atom stereocenters. The maximum Gasteiger partial charge on any atom is 0.322 e. The largest absolute Gasteiger partial charge is 0.497 e. The van der Waals surface area contributed by atoms with Crippen molar-refractivity contribution in [2.24, 2.45) is 0 Å². The first-order chi connectivity index (χ1) is 10.4. The Morgan fingerprint density at radius 1 is 1.23 bits per heavy atom. The Hall–Kier alpha value is -2.76. The summed E-state index contributed by atoms with van der Waals surface area (Å²) in [4.78, 5) is 22.6. The molecule has 0 aliphatic heterocycles. The third-order valence-electron chi connectivity index (χ3n) is 3.41. The van der Waals surface area contributed by atoms with Crippen LogP contribution in [0.5, 0.6) is 5.75 Å². The zero-order valence-electron chi connectivity index (χ0n) is 12.7. The number of aliphatic carboxylic acids is 1. The van der Waals surface area contributed by atoms with Crippen LogP contribution in [0.4, 0.5) is 0 Å². The van der Waals surface area contributed by atoms with Crippen LogP contribution < -0.4 is 10.1 Å². The lowest BCUT2D eigenvalue weighted by atomic mass is 10.2. The van der Waals surface area contributed by atoms with Crippen molar-refractivity contribution < 1.29 is 19.4 Å². The predicted molar refractivity (Wildman–Crippen MR) is 81.8 cm³/mol. The topological polar surface area (TPSA) is 80.6 Å². The lowest BCUT2D eigenvalue weighted by Crippen LogP contribution is -2.29. The van der Waals surface area contributed by atoms with Crippen molar-refractivity contribution in [3.8, 4) is 11.4 Å². The van der Waals surface area contributed by atoms with E-state index >= 15 is 0 Å². The maximum absolute atomic E-state index is 12.1. The van der Waals surface area contributed by atoms with Crippen LogP contribution in [0.25, 0.3) is 5.69 Å². The van der Waals surface area contributed by atoms with Gasteiger partial charge in [-0.1, -0.05) is 0 Å². The summed E-state index contributed by atoms with van der Waals surface area (Å²) >= 11 is 0. The second-order valence-corrected chi connectivity index (χ2v) is 4.89. The number of hydrogen-bond donors (Lipinski definition) is 2. The van der Waals surface area contributed by atoms with E-state index in [4.69, 9.17) is 9.84 Å². The molecule has 0 atom stereocenters. The Morgan fingerprint density at radius 3 is 2.41 bits per heavy atom. The monoisotopic (exact) mass is 302 g/mol. The van der Waals surface area contributed by atoms with E-state index in [1.54, 1.807) is 13.2 Å². The molecule has 0 saturated carbocycles. The number of carboxylic acids is 1. The first-order valence-electron chi connectivity index (χ1n) is 6.77. The van der Waals surface area contributed by atoms with E-state index in [1.807, 2.05) is 42.7 Å². The number of rotatable bonds is 5. The molecule has 0 spiro atoms. The summed E-state index contributed by atoms with van der Waals surface area (Å²) in [5.41, 5.74) is 3.02. The highest BCUT2D eigenvalue weighted by molar-refractivity contribution is 5.97. The average Bonchev–Trinajstić information content (AvgIpc) is 2.80. The fourth-order valence-electron chi connectivity index (χ4n) is 2.37. The SMILES string of the molecule is COc1ccc(-n2c(C)cc(C(=O)NCC(=O)O)c2C)cc1. The van der Waals surface area contributed by atoms with E-state index in [2.05, 4.69) is 5.32 Å². The van der Waals surface area contributed by atoms with Crippen LogP contribution in [-0.4, -0.2) is 35.2 Å². The fourth-order valence-corrected chi connectivity index (χ4v) is 2.37. The maximum atomic E-state index is 12.1. The third kappa shape index (κ3) is 3.11. The van der Waals surface area contributed by atoms with Crippen molar-refractivity contribution in [1.82, 2.24) is 9.88 Å². The minimum Gasteiger partial charge on any atom is -0.497 e. The van der Waals surface area contributed by atoms with Gasteiger partial charge in [0, 0.05) is 17.1 Å². The number of nitrogens with one attached hydrogen (secondary N) is 1. The molecule has 1 aromatic heterocycles. The van der Waals surface area contributed by atoms with E-state index in [-0.39, 0.29) is 0 Å². The fraction of sp³-hybridized carbons (Fsp3) is 0.250. The quantitative estimate of drug-likeness (QED) is 0.884. The van der Waals surface area contributed by atoms with E-state index in [1.165, 1.54) is 0 Å². The number of carboxylic acid groups (broad SMARTS) is 1. The molecular weight excluding hydrogens is 284 g/mol. The van der Waals surface area contributed by atoms with Crippen LogP contribution in [-0.2, 0) is 4.79 Å². The number of carbonyl (C=O) groups excluding carboxylic acids is 1.